The van der Waals surface area contributed by atoms with Crippen LogP contribution in [0.4, 0.5) is 13.2 Å². The lowest BCUT2D eigenvalue weighted by Gasteiger charge is -2.41. The fraction of sp³-hybridized carbons (Fsp3) is 0.591. The summed E-state index contributed by atoms with van der Waals surface area (Å²) in [5, 5.41) is 0.655. The fourth-order valence-corrected chi connectivity index (χ4v) is 5.56. The Labute approximate surface area is 188 Å². The molecule has 2 fully saturated rings. The smallest absolute Gasteiger partial charge is 0.433 e. The summed E-state index contributed by atoms with van der Waals surface area (Å²) in [6, 6.07) is 2.80. The van der Waals surface area contributed by atoms with E-state index in [9.17, 15) is 18.0 Å². The molecule has 4 heterocycles. The zero-order valence-electron chi connectivity index (χ0n) is 17.6. The van der Waals surface area contributed by atoms with Gasteiger partial charge >= 0.3 is 6.18 Å². The van der Waals surface area contributed by atoms with Gasteiger partial charge in [-0.25, -0.2) is 4.98 Å². The Morgan fingerprint density at radius 2 is 1.91 bits per heavy atom. The van der Waals surface area contributed by atoms with Crippen LogP contribution in [-0.2, 0) is 19.1 Å². The van der Waals surface area contributed by atoms with Crippen molar-refractivity contribution >= 4 is 17.2 Å². The van der Waals surface area contributed by atoms with Crippen molar-refractivity contribution in [3.05, 3.63) is 40.2 Å². The number of carbonyl (C=O) groups excluding carboxylic acids is 1. The summed E-state index contributed by atoms with van der Waals surface area (Å²) >= 11 is 1.47. The number of ether oxygens (including phenoxy) is 1. The predicted octanol–water partition coefficient (Wildman–Crippen LogP) is 4.15. The number of carbonyl (C=O) groups is 1. The van der Waals surface area contributed by atoms with Gasteiger partial charge < -0.3 is 14.5 Å². The average molecular weight is 467 g/mol. The number of aromatic nitrogens is 2. The molecule has 0 radical (unpaired) electrons. The number of amides is 1. The molecule has 5 rings (SSSR count). The van der Waals surface area contributed by atoms with Crippen LogP contribution in [0.1, 0.15) is 58.7 Å². The van der Waals surface area contributed by atoms with Crippen LogP contribution in [0.15, 0.2) is 18.3 Å². The molecule has 1 aliphatic carbocycles. The molecule has 10 heteroatoms. The summed E-state index contributed by atoms with van der Waals surface area (Å²) in [5.41, 5.74) is 0.102. The van der Waals surface area contributed by atoms with Crippen molar-refractivity contribution in [1.29, 1.82) is 0 Å². The SMILES string of the molecule is O=C(c1ccc(C(F)(F)F)nc1)N1CCc2nc(OC3CCN(C4CCC4)CC3)sc2C1. The van der Waals surface area contributed by atoms with Crippen molar-refractivity contribution in [2.24, 2.45) is 0 Å². The quantitative estimate of drug-likeness (QED) is 0.678. The van der Waals surface area contributed by atoms with Crippen molar-refractivity contribution < 1.29 is 22.7 Å². The van der Waals surface area contributed by atoms with E-state index in [0.717, 1.165) is 54.8 Å². The maximum absolute atomic E-state index is 12.8. The summed E-state index contributed by atoms with van der Waals surface area (Å²) in [4.78, 5) is 26.0. The minimum absolute atomic E-state index is 0.153. The number of thiazole rings is 1. The molecule has 0 spiro atoms. The molecule has 0 bridgehead atoms. The molecular weight excluding hydrogens is 441 g/mol. The number of piperidine rings is 1. The molecule has 0 atom stereocenters. The zero-order chi connectivity index (χ0) is 22.3. The number of hydrogen-bond acceptors (Lipinski definition) is 6. The highest BCUT2D eigenvalue weighted by molar-refractivity contribution is 7.13. The van der Waals surface area contributed by atoms with Gasteiger partial charge in [-0.3, -0.25) is 9.78 Å². The summed E-state index contributed by atoms with van der Waals surface area (Å²) in [6.07, 6.45) is 3.26. The van der Waals surface area contributed by atoms with Crippen molar-refractivity contribution in [2.75, 3.05) is 19.6 Å². The van der Waals surface area contributed by atoms with Crippen LogP contribution in [0, 0.1) is 0 Å². The average Bonchev–Trinajstić information content (AvgIpc) is 3.14. The molecule has 1 saturated carbocycles. The number of alkyl halides is 3. The van der Waals surface area contributed by atoms with Gasteiger partial charge in [0.05, 0.1) is 22.7 Å². The third kappa shape index (κ3) is 4.47. The maximum Gasteiger partial charge on any atom is 0.433 e. The molecule has 6 nitrogen and oxygen atoms in total. The Hall–Kier alpha value is -2.20. The lowest BCUT2D eigenvalue weighted by atomic mass is 9.90. The van der Waals surface area contributed by atoms with Crippen molar-refractivity contribution in [1.82, 2.24) is 19.8 Å². The Morgan fingerprint density at radius 1 is 1.12 bits per heavy atom. The number of halogens is 3. The van der Waals surface area contributed by atoms with Crippen LogP contribution in [0.3, 0.4) is 0 Å². The predicted molar refractivity (Wildman–Crippen MR) is 113 cm³/mol. The minimum Gasteiger partial charge on any atom is -0.467 e. The van der Waals surface area contributed by atoms with E-state index in [-0.39, 0.29) is 17.6 Å². The Balaban J connectivity index is 1.18. The van der Waals surface area contributed by atoms with Crippen LogP contribution in [0.5, 0.6) is 5.19 Å². The Kier molecular flexibility index (Phi) is 5.83. The number of hydrogen-bond donors (Lipinski definition) is 0. The molecule has 0 unspecified atom stereocenters. The first-order valence-electron chi connectivity index (χ1n) is 11.1. The van der Waals surface area contributed by atoms with E-state index in [2.05, 4.69) is 14.9 Å². The van der Waals surface area contributed by atoms with Crippen LogP contribution in [-0.4, -0.2) is 57.5 Å². The van der Waals surface area contributed by atoms with Crippen LogP contribution < -0.4 is 4.74 Å². The molecule has 3 aliphatic rings. The Morgan fingerprint density at radius 3 is 2.53 bits per heavy atom. The fourth-order valence-electron chi connectivity index (χ4n) is 4.52. The lowest BCUT2D eigenvalue weighted by Crippen LogP contribution is -2.46. The molecular formula is C22H25F3N4O2S. The number of fused-ring (bicyclic) bond motifs is 1. The highest BCUT2D eigenvalue weighted by Gasteiger charge is 2.33. The first-order valence-corrected chi connectivity index (χ1v) is 11.9. The topological polar surface area (TPSA) is 58.6 Å². The van der Waals surface area contributed by atoms with Gasteiger partial charge in [0, 0.05) is 38.3 Å². The van der Waals surface area contributed by atoms with Crippen molar-refractivity contribution in [3.63, 3.8) is 0 Å². The van der Waals surface area contributed by atoms with E-state index in [0.29, 0.717) is 24.7 Å². The van der Waals surface area contributed by atoms with Gasteiger partial charge in [0.1, 0.15) is 11.8 Å². The van der Waals surface area contributed by atoms with Crippen LogP contribution >= 0.6 is 11.3 Å². The highest BCUT2D eigenvalue weighted by atomic mass is 32.1. The molecule has 2 aliphatic heterocycles. The van der Waals surface area contributed by atoms with Crippen LogP contribution in [0.25, 0.3) is 0 Å². The molecule has 172 valence electrons. The second-order valence-electron chi connectivity index (χ2n) is 8.69. The van der Waals surface area contributed by atoms with Gasteiger partial charge in [-0.2, -0.15) is 13.2 Å². The number of nitrogens with zero attached hydrogens (tertiary/aromatic N) is 4. The summed E-state index contributed by atoms with van der Waals surface area (Å²) in [6.45, 7) is 3.00. The molecule has 2 aromatic rings. The Bertz CT molecular complexity index is 967. The summed E-state index contributed by atoms with van der Waals surface area (Å²) in [7, 11) is 0. The highest BCUT2D eigenvalue weighted by Crippen LogP contribution is 2.33. The standard InChI is InChI=1S/C22H25F3N4O2S/c23-22(24,25)19-5-4-14(12-26-19)20(30)29-11-8-17-18(13-29)32-21(27-17)31-16-6-9-28(10-7-16)15-2-1-3-15/h4-5,12,15-16H,1-3,6-11,13H2. The van der Waals surface area contributed by atoms with E-state index in [1.54, 1.807) is 4.90 Å². The lowest BCUT2D eigenvalue weighted by molar-refractivity contribution is -0.141. The van der Waals surface area contributed by atoms with E-state index in [1.807, 2.05) is 0 Å². The van der Waals surface area contributed by atoms with E-state index >= 15 is 0 Å². The first kappa shape index (κ1) is 21.6. The molecule has 2 aromatic heterocycles. The molecule has 32 heavy (non-hydrogen) atoms. The third-order valence-electron chi connectivity index (χ3n) is 6.63. The molecule has 1 amide bonds. The van der Waals surface area contributed by atoms with Gasteiger partial charge in [0.2, 0.25) is 0 Å². The largest absolute Gasteiger partial charge is 0.467 e. The second kappa shape index (κ2) is 8.62. The van der Waals surface area contributed by atoms with Gasteiger partial charge in [-0.05, 0) is 37.8 Å². The normalized spacial score (nSPS) is 20.7. The third-order valence-corrected chi connectivity index (χ3v) is 7.61. The van der Waals surface area contributed by atoms with Crippen LogP contribution in [0.2, 0.25) is 0 Å². The van der Waals surface area contributed by atoms with Gasteiger partial charge in [0.25, 0.3) is 11.1 Å². The maximum atomic E-state index is 12.8. The van der Waals surface area contributed by atoms with E-state index < -0.39 is 11.9 Å². The number of pyridine rings is 1. The molecule has 1 saturated heterocycles. The zero-order valence-corrected chi connectivity index (χ0v) is 18.4. The minimum atomic E-state index is -4.52. The van der Waals surface area contributed by atoms with Gasteiger partial charge in [-0.1, -0.05) is 17.8 Å². The van der Waals surface area contributed by atoms with Crippen molar-refractivity contribution in [2.45, 2.75) is 63.4 Å². The summed E-state index contributed by atoms with van der Waals surface area (Å²) in [5.74, 6) is -0.323. The monoisotopic (exact) mass is 466 g/mol. The summed E-state index contributed by atoms with van der Waals surface area (Å²) < 4.78 is 44.3. The van der Waals surface area contributed by atoms with Gasteiger partial charge in [0.15, 0.2) is 0 Å². The molecule has 0 N–H and O–H groups in total. The van der Waals surface area contributed by atoms with E-state index in [1.165, 1.54) is 36.7 Å². The van der Waals surface area contributed by atoms with E-state index in [4.69, 9.17) is 4.74 Å². The van der Waals surface area contributed by atoms with Gasteiger partial charge in [-0.15, -0.1) is 0 Å². The molecule has 0 aromatic carbocycles. The second-order valence-corrected chi connectivity index (χ2v) is 9.74. The number of rotatable bonds is 4. The first-order chi connectivity index (χ1) is 15.4. The number of likely N-dealkylation sites (tertiary alicyclic amines) is 1. The van der Waals surface area contributed by atoms with Crippen molar-refractivity contribution in [3.8, 4) is 5.19 Å².